The van der Waals surface area contributed by atoms with Gasteiger partial charge < -0.3 is 10.1 Å². The van der Waals surface area contributed by atoms with Crippen molar-refractivity contribution in [3.05, 3.63) is 64.2 Å². The summed E-state index contributed by atoms with van der Waals surface area (Å²) in [5.41, 5.74) is 0.873. The van der Waals surface area contributed by atoms with E-state index in [9.17, 15) is 14.9 Å². The second-order valence-electron chi connectivity index (χ2n) is 8.18. The van der Waals surface area contributed by atoms with Gasteiger partial charge in [0.05, 0.1) is 24.0 Å². The molecule has 0 fully saturated rings. The normalized spacial score (nSPS) is 10.7. The highest BCUT2D eigenvalue weighted by molar-refractivity contribution is 5.94. The smallest absolute Gasteiger partial charge is 0.296 e. The van der Waals surface area contributed by atoms with E-state index in [1.165, 1.54) is 63.5 Å². The molecule has 0 aliphatic heterocycles. The fraction of sp³-hybridized carbons (Fsp3) is 0.500. The number of anilines is 1. The van der Waals surface area contributed by atoms with Gasteiger partial charge in [-0.3, -0.25) is 14.9 Å². The van der Waals surface area contributed by atoms with Gasteiger partial charge in [0.25, 0.3) is 5.69 Å². The molecule has 0 saturated carbocycles. The van der Waals surface area contributed by atoms with E-state index >= 15 is 0 Å². The Morgan fingerprint density at radius 1 is 0.906 bits per heavy atom. The van der Waals surface area contributed by atoms with E-state index in [-0.39, 0.29) is 23.7 Å². The number of amides is 1. The van der Waals surface area contributed by atoms with E-state index in [0.717, 1.165) is 18.4 Å². The molecule has 0 aliphatic rings. The van der Waals surface area contributed by atoms with E-state index in [2.05, 4.69) is 12.2 Å². The zero-order chi connectivity index (χ0) is 23.0. The number of nitrogens with zero attached hydrogens (tertiary/aromatic N) is 1. The summed E-state index contributed by atoms with van der Waals surface area (Å²) >= 11 is 0. The van der Waals surface area contributed by atoms with Crippen molar-refractivity contribution < 1.29 is 14.5 Å². The second-order valence-corrected chi connectivity index (χ2v) is 8.18. The molecule has 2 rings (SSSR count). The third-order valence-electron chi connectivity index (χ3n) is 5.41. The maximum atomic E-state index is 12.3. The van der Waals surface area contributed by atoms with Crippen LogP contribution < -0.4 is 10.1 Å². The van der Waals surface area contributed by atoms with Crippen molar-refractivity contribution in [3.63, 3.8) is 0 Å². The van der Waals surface area contributed by atoms with Gasteiger partial charge in [-0.25, -0.2) is 0 Å². The van der Waals surface area contributed by atoms with Gasteiger partial charge >= 0.3 is 0 Å². The average Bonchev–Trinajstić information content (AvgIpc) is 2.78. The number of nitro groups is 1. The first-order chi connectivity index (χ1) is 15.6. The number of carbonyl (C=O) groups excluding carboxylic acids is 1. The molecule has 6 heteroatoms. The van der Waals surface area contributed by atoms with Gasteiger partial charge in [0.2, 0.25) is 5.91 Å². The molecule has 32 heavy (non-hydrogen) atoms. The first-order valence-corrected chi connectivity index (χ1v) is 11.8. The minimum Gasteiger partial charge on any atom is -0.493 e. The van der Waals surface area contributed by atoms with Crippen LogP contribution in [0.3, 0.4) is 0 Å². The Morgan fingerprint density at radius 3 is 2.16 bits per heavy atom. The molecule has 0 atom stereocenters. The van der Waals surface area contributed by atoms with Crippen molar-refractivity contribution in [1.82, 2.24) is 0 Å². The number of carbonyl (C=O) groups is 1. The Hall–Kier alpha value is -2.89. The minimum atomic E-state index is -0.495. The van der Waals surface area contributed by atoms with Gasteiger partial charge in [-0.15, -0.1) is 0 Å². The lowest BCUT2D eigenvalue weighted by Crippen LogP contribution is -2.15. The minimum absolute atomic E-state index is 0.160. The summed E-state index contributed by atoms with van der Waals surface area (Å²) in [5.74, 6) is 0.159. The quantitative estimate of drug-likeness (QED) is 0.172. The van der Waals surface area contributed by atoms with E-state index in [1.807, 2.05) is 30.3 Å². The van der Waals surface area contributed by atoms with Crippen molar-refractivity contribution in [2.24, 2.45) is 0 Å². The molecule has 0 heterocycles. The molecule has 174 valence electrons. The first kappa shape index (κ1) is 25.4. The Balaban J connectivity index is 1.71. The fourth-order valence-electron chi connectivity index (χ4n) is 3.61. The number of ether oxygens (including phenoxy) is 1. The Kier molecular flexibility index (Phi) is 11.9. The van der Waals surface area contributed by atoms with Gasteiger partial charge in [-0.1, -0.05) is 95.0 Å². The van der Waals surface area contributed by atoms with Crippen LogP contribution in [0.15, 0.2) is 48.5 Å². The zero-order valence-corrected chi connectivity index (χ0v) is 19.2. The molecule has 0 aliphatic carbocycles. The SMILES string of the molecule is CCCCCCCCCCCCOc1ccc(NC(=O)Cc2ccccc2)c([N+](=O)[O-])c1. The van der Waals surface area contributed by atoms with Crippen molar-refractivity contribution in [2.45, 2.75) is 77.6 Å². The van der Waals surface area contributed by atoms with Crippen LogP contribution in [0.2, 0.25) is 0 Å². The lowest BCUT2D eigenvalue weighted by atomic mass is 10.1. The van der Waals surface area contributed by atoms with Crippen molar-refractivity contribution in [2.75, 3.05) is 11.9 Å². The maximum absolute atomic E-state index is 12.3. The zero-order valence-electron chi connectivity index (χ0n) is 19.2. The van der Waals surface area contributed by atoms with E-state index in [0.29, 0.717) is 12.4 Å². The number of rotatable bonds is 16. The highest BCUT2D eigenvalue weighted by Gasteiger charge is 2.17. The molecule has 2 aromatic carbocycles. The number of unbranched alkanes of at least 4 members (excludes halogenated alkanes) is 9. The van der Waals surface area contributed by atoms with Crippen LogP contribution >= 0.6 is 0 Å². The van der Waals surface area contributed by atoms with Gasteiger partial charge in [0, 0.05) is 0 Å². The van der Waals surface area contributed by atoms with E-state index < -0.39 is 4.92 Å². The highest BCUT2D eigenvalue weighted by atomic mass is 16.6. The lowest BCUT2D eigenvalue weighted by Gasteiger charge is -2.10. The van der Waals surface area contributed by atoms with Crippen LogP contribution in [-0.4, -0.2) is 17.4 Å². The number of nitro benzene ring substituents is 1. The van der Waals surface area contributed by atoms with Crippen LogP contribution in [0.4, 0.5) is 11.4 Å². The Labute approximate surface area is 191 Å². The second kappa shape index (κ2) is 15.0. The molecule has 0 saturated heterocycles. The number of hydrogen-bond donors (Lipinski definition) is 1. The molecule has 0 unspecified atom stereocenters. The summed E-state index contributed by atoms with van der Waals surface area (Å²) in [6.45, 7) is 2.77. The third kappa shape index (κ3) is 9.94. The van der Waals surface area contributed by atoms with Crippen molar-refractivity contribution in [3.8, 4) is 5.75 Å². The number of benzene rings is 2. The average molecular weight is 441 g/mol. The largest absolute Gasteiger partial charge is 0.493 e. The van der Waals surface area contributed by atoms with Crippen LogP contribution in [0, 0.1) is 10.1 Å². The summed E-state index contributed by atoms with van der Waals surface area (Å²) in [6.07, 6.45) is 12.6. The lowest BCUT2D eigenvalue weighted by molar-refractivity contribution is -0.384. The van der Waals surface area contributed by atoms with Crippen LogP contribution in [0.1, 0.15) is 76.7 Å². The third-order valence-corrected chi connectivity index (χ3v) is 5.41. The summed E-state index contributed by atoms with van der Waals surface area (Å²) < 4.78 is 5.71. The molecular formula is C26H36N2O4. The summed E-state index contributed by atoms with van der Waals surface area (Å²) in [6, 6.07) is 13.9. The predicted molar refractivity (Wildman–Crippen MR) is 129 cm³/mol. The molecule has 0 spiro atoms. The molecule has 0 aromatic heterocycles. The van der Waals surface area contributed by atoms with Crippen molar-refractivity contribution >= 4 is 17.3 Å². The van der Waals surface area contributed by atoms with Crippen LogP contribution in [0.5, 0.6) is 5.75 Å². The van der Waals surface area contributed by atoms with Crippen LogP contribution in [-0.2, 0) is 11.2 Å². The molecule has 2 aromatic rings. The standard InChI is InChI=1S/C26H36N2O4/c1-2-3-4-5-6-7-8-9-10-14-19-32-23-17-18-24(25(21-23)28(30)31)27-26(29)20-22-15-12-11-13-16-22/h11-13,15-18,21H,2-10,14,19-20H2,1H3,(H,27,29). The molecule has 1 amide bonds. The van der Waals surface area contributed by atoms with Gasteiger partial charge in [-0.2, -0.15) is 0 Å². The highest BCUT2D eigenvalue weighted by Crippen LogP contribution is 2.29. The topological polar surface area (TPSA) is 81.5 Å². The summed E-state index contributed by atoms with van der Waals surface area (Å²) in [5, 5.41) is 14.1. The van der Waals surface area contributed by atoms with Crippen LogP contribution in [0.25, 0.3) is 0 Å². The molecular weight excluding hydrogens is 404 g/mol. The van der Waals surface area contributed by atoms with Gasteiger partial charge in [-0.05, 0) is 24.1 Å². The van der Waals surface area contributed by atoms with Gasteiger partial charge in [0.15, 0.2) is 0 Å². The van der Waals surface area contributed by atoms with Crippen molar-refractivity contribution in [1.29, 1.82) is 0 Å². The Morgan fingerprint density at radius 2 is 1.53 bits per heavy atom. The number of hydrogen-bond acceptors (Lipinski definition) is 4. The van der Waals surface area contributed by atoms with E-state index in [1.54, 1.807) is 6.07 Å². The van der Waals surface area contributed by atoms with E-state index in [4.69, 9.17) is 4.74 Å². The predicted octanol–water partition coefficient (Wildman–Crippen LogP) is 7.08. The molecule has 0 radical (unpaired) electrons. The molecule has 0 bridgehead atoms. The summed E-state index contributed by atoms with van der Waals surface area (Å²) in [7, 11) is 0. The fourth-order valence-corrected chi connectivity index (χ4v) is 3.61. The monoisotopic (exact) mass is 440 g/mol. The Bertz CT molecular complexity index is 824. The first-order valence-electron chi connectivity index (χ1n) is 11.8. The maximum Gasteiger partial charge on any atom is 0.296 e. The van der Waals surface area contributed by atoms with Gasteiger partial charge in [0.1, 0.15) is 11.4 Å². The molecule has 1 N–H and O–H groups in total. The molecule has 6 nitrogen and oxygen atoms in total. The number of nitrogens with one attached hydrogen (secondary N) is 1. The summed E-state index contributed by atoms with van der Waals surface area (Å²) in [4.78, 5) is 23.2.